The lowest BCUT2D eigenvalue weighted by molar-refractivity contribution is -0.274. The molecular weight excluding hydrogens is 577 g/mol. The monoisotopic (exact) mass is 610 g/mol. The standard InChI is InChI=1S/C32H33F3N4O5/c1-20-11-13-28(44-32(33,34)35)25(17-20)38-30(42)24(15-16-36)37-31(43)26-18-22-9-5-6-10-23(22)19-39(26)29(41)14-12-27(40)21-7-3-2-4-8-21/h2-11,13,17,24,26H,12,14-16,18-19,36H2,1H3,(H,37,43)(H,38,42)/t24-,26-/m0/s1. The van der Waals surface area contributed by atoms with Gasteiger partial charge in [-0.05, 0) is 48.7 Å². The number of carbonyl (C=O) groups is 4. The Morgan fingerprint density at radius 1 is 0.977 bits per heavy atom. The van der Waals surface area contributed by atoms with E-state index in [2.05, 4.69) is 15.4 Å². The largest absolute Gasteiger partial charge is 0.573 e. The van der Waals surface area contributed by atoms with E-state index in [1.165, 1.54) is 17.0 Å². The van der Waals surface area contributed by atoms with E-state index in [4.69, 9.17) is 5.73 Å². The molecule has 44 heavy (non-hydrogen) atoms. The Kier molecular flexibility index (Phi) is 10.4. The lowest BCUT2D eigenvalue weighted by Gasteiger charge is -2.36. The number of rotatable bonds is 11. The van der Waals surface area contributed by atoms with Crippen molar-refractivity contribution in [3.8, 4) is 5.75 Å². The van der Waals surface area contributed by atoms with E-state index >= 15 is 0 Å². The number of nitrogens with one attached hydrogen (secondary N) is 2. The highest BCUT2D eigenvalue weighted by atomic mass is 19.4. The van der Waals surface area contributed by atoms with Gasteiger partial charge in [0.15, 0.2) is 11.5 Å². The van der Waals surface area contributed by atoms with Gasteiger partial charge in [-0.3, -0.25) is 19.2 Å². The zero-order chi connectivity index (χ0) is 31.9. The molecule has 3 aromatic rings. The van der Waals surface area contributed by atoms with Crippen molar-refractivity contribution in [2.45, 2.75) is 57.6 Å². The second-order valence-corrected chi connectivity index (χ2v) is 10.5. The first-order chi connectivity index (χ1) is 20.9. The molecule has 0 saturated heterocycles. The molecule has 0 fully saturated rings. The summed E-state index contributed by atoms with van der Waals surface area (Å²) in [4.78, 5) is 54.3. The molecular formula is C32H33F3N4O5. The number of Topliss-reactive ketones (excluding diaryl/α,β-unsaturated/α-hetero) is 1. The quantitative estimate of drug-likeness (QED) is 0.278. The highest BCUT2D eigenvalue weighted by Crippen LogP contribution is 2.31. The smallest absolute Gasteiger partial charge is 0.404 e. The van der Waals surface area contributed by atoms with Gasteiger partial charge in [-0.25, -0.2) is 0 Å². The molecule has 0 unspecified atom stereocenters. The number of nitrogens with two attached hydrogens (primary N) is 1. The van der Waals surface area contributed by atoms with Gasteiger partial charge in [0.05, 0.1) is 5.69 Å². The molecule has 0 radical (unpaired) electrons. The third-order valence-corrected chi connectivity index (χ3v) is 7.24. The van der Waals surface area contributed by atoms with Gasteiger partial charge in [-0.1, -0.05) is 60.7 Å². The van der Waals surface area contributed by atoms with Crippen LogP contribution in [0.3, 0.4) is 0 Å². The van der Waals surface area contributed by atoms with Gasteiger partial charge in [0.1, 0.15) is 12.1 Å². The number of ketones is 1. The van der Waals surface area contributed by atoms with Crippen LogP contribution in [0.5, 0.6) is 5.75 Å². The van der Waals surface area contributed by atoms with Crippen molar-refractivity contribution in [3.05, 3.63) is 95.1 Å². The molecule has 1 aliphatic heterocycles. The number of amides is 3. The summed E-state index contributed by atoms with van der Waals surface area (Å²) in [7, 11) is 0. The number of aryl methyl sites for hydroxylation is 1. The number of ether oxygens (including phenoxy) is 1. The predicted molar refractivity (Wildman–Crippen MR) is 157 cm³/mol. The predicted octanol–water partition coefficient (Wildman–Crippen LogP) is 4.28. The summed E-state index contributed by atoms with van der Waals surface area (Å²) in [5, 5.41) is 5.05. The first-order valence-electron chi connectivity index (χ1n) is 14.1. The molecule has 9 nitrogen and oxygen atoms in total. The maximum Gasteiger partial charge on any atom is 0.573 e. The number of hydrogen-bond donors (Lipinski definition) is 3. The van der Waals surface area contributed by atoms with Crippen LogP contribution in [0.15, 0.2) is 72.8 Å². The Labute approximate surface area is 252 Å². The zero-order valence-corrected chi connectivity index (χ0v) is 24.0. The van der Waals surface area contributed by atoms with Crippen LogP contribution in [0, 0.1) is 6.92 Å². The molecule has 3 amide bonds. The molecule has 2 atom stereocenters. The molecule has 232 valence electrons. The normalized spacial score (nSPS) is 15.1. The molecule has 1 aliphatic rings. The lowest BCUT2D eigenvalue weighted by Crippen LogP contribution is -2.56. The van der Waals surface area contributed by atoms with Gasteiger partial charge in [-0.15, -0.1) is 13.2 Å². The summed E-state index contributed by atoms with van der Waals surface area (Å²) in [5.41, 5.74) is 8.23. The average Bonchev–Trinajstić information content (AvgIpc) is 2.99. The van der Waals surface area contributed by atoms with Crippen molar-refractivity contribution in [2.75, 3.05) is 11.9 Å². The maximum absolute atomic E-state index is 13.7. The summed E-state index contributed by atoms with van der Waals surface area (Å²) >= 11 is 0. The van der Waals surface area contributed by atoms with Gasteiger partial charge in [0.2, 0.25) is 17.7 Å². The number of nitrogens with zero attached hydrogens (tertiary/aromatic N) is 1. The highest BCUT2D eigenvalue weighted by Gasteiger charge is 2.37. The fourth-order valence-corrected chi connectivity index (χ4v) is 5.03. The number of carbonyl (C=O) groups excluding carboxylic acids is 4. The minimum atomic E-state index is -4.99. The molecule has 0 aromatic heterocycles. The van der Waals surface area contributed by atoms with Crippen molar-refractivity contribution < 1.29 is 37.1 Å². The van der Waals surface area contributed by atoms with E-state index in [1.807, 2.05) is 24.3 Å². The number of hydrogen-bond acceptors (Lipinski definition) is 6. The Bertz CT molecular complexity index is 1510. The van der Waals surface area contributed by atoms with E-state index in [0.717, 1.165) is 17.2 Å². The molecule has 0 saturated carbocycles. The molecule has 3 aromatic carbocycles. The SMILES string of the molecule is Cc1ccc(OC(F)(F)F)c(NC(=O)[C@H](CCN)NC(=O)[C@@H]2Cc3ccccc3CN2C(=O)CCC(=O)c2ccccc2)c1. The first kappa shape index (κ1) is 32.2. The number of alkyl halides is 3. The van der Waals surface area contributed by atoms with Crippen LogP contribution in [0.4, 0.5) is 18.9 Å². The van der Waals surface area contributed by atoms with Crippen LogP contribution in [0.2, 0.25) is 0 Å². The molecule has 4 N–H and O–H groups in total. The Morgan fingerprint density at radius 3 is 2.34 bits per heavy atom. The van der Waals surface area contributed by atoms with Crippen LogP contribution >= 0.6 is 0 Å². The van der Waals surface area contributed by atoms with E-state index in [-0.39, 0.29) is 50.2 Å². The van der Waals surface area contributed by atoms with Crippen molar-refractivity contribution in [2.24, 2.45) is 5.73 Å². The first-order valence-corrected chi connectivity index (χ1v) is 14.1. The topological polar surface area (TPSA) is 131 Å². The van der Waals surface area contributed by atoms with Crippen LogP contribution in [0.1, 0.15) is 46.3 Å². The van der Waals surface area contributed by atoms with E-state index < -0.39 is 41.9 Å². The number of fused-ring (bicyclic) bond motifs is 1. The summed E-state index contributed by atoms with van der Waals surface area (Å²) in [6, 6.07) is 17.5. The lowest BCUT2D eigenvalue weighted by atomic mass is 9.92. The minimum absolute atomic E-state index is 0.0180. The summed E-state index contributed by atoms with van der Waals surface area (Å²) < 4.78 is 42.9. The third-order valence-electron chi connectivity index (χ3n) is 7.24. The average molecular weight is 611 g/mol. The molecule has 0 spiro atoms. The number of halogens is 3. The van der Waals surface area contributed by atoms with Crippen LogP contribution in [-0.4, -0.2) is 53.4 Å². The molecule has 12 heteroatoms. The summed E-state index contributed by atoms with van der Waals surface area (Å²) in [6.45, 7) is 1.74. The van der Waals surface area contributed by atoms with Gasteiger partial charge in [0.25, 0.3) is 0 Å². The number of benzene rings is 3. The minimum Gasteiger partial charge on any atom is -0.404 e. The van der Waals surface area contributed by atoms with E-state index in [9.17, 15) is 32.3 Å². The fourth-order valence-electron chi connectivity index (χ4n) is 5.03. The second-order valence-electron chi connectivity index (χ2n) is 10.5. The fraction of sp³-hybridized carbons (Fsp3) is 0.312. The van der Waals surface area contributed by atoms with Gasteiger partial charge in [0, 0.05) is 31.4 Å². The van der Waals surface area contributed by atoms with Crippen molar-refractivity contribution in [1.29, 1.82) is 0 Å². The highest BCUT2D eigenvalue weighted by molar-refractivity contribution is 6.00. The van der Waals surface area contributed by atoms with Gasteiger partial charge in [-0.2, -0.15) is 0 Å². The second kappa shape index (κ2) is 14.2. The van der Waals surface area contributed by atoms with Gasteiger partial charge < -0.3 is 26.0 Å². The molecule has 1 heterocycles. The van der Waals surface area contributed by atoms with Crippen LogP contribution in [0.25, 0.3) is 0 Å². The van der Waals surface area contributed by atoms with Crippen molar-refractivity contribution >= 4 is 29.2 Å². The van der Waals surface area contributed by atoms with E-state index in [1.54, 1.807) is 37.3 Å². The Balaban J connectivity index is 1.51. The Hall–Kier alpha value is -4.71. The third kappa shape index (κ3) is 8.44. The number of anilines is 1. The van der Waals surface area contributed by atoms with Gasteiger partial charge >= 0.3 is 6.36 Å². The molecule has 0 bridgehead atoms. The maximum atomic E-state index is 13.7. The summed E-state index contributed by atoms with van der Waals surface area (Å²) in [5.74, 6) is -2.66. The molecule has 0 aliphatic carbocycles. The zero-order valence-electron chi connectivity index (χ0n) is 24.0. The Morgan fingerprint density at radius 2 is 1.66 bits per heavy atom. The molecule has 4 rings (SSSR count). The van der Waals surface area contributed by atoms with E-state index in [0.29, 0.717) is 11.1 Å². The van der Waals surface area contributed by atoms with Crippen molar-refractivity contribution in [3.63, 3.8) is 0 Å². The van der Waals surface area contributed by atoms with Crippen LogP contribution < -0.4 is 21.1 Å². The summed E-state index contributed by atoms with van der Waals surface area (Å²) in [6.07, 6.45) is -5.02. The van der Waals surface area contributed by atoms with Crippen molar-refractivity contribution in [1.82, 2.24) is 10.2 Å². The van der Waals surface area contributed by atoms with Crippen LogP contribution in [-0.2, 0) is 27.3 Å².